The number of amidine groups is 1. The number of methoxy groups -OCH3 is 3. The van der Waals surface area contributed by atoms with Crippen molar-refractivity contribution in [1.29, 1.82) is 0 Å². The first-order valence-corrected chi connectivity index (χ1v) is 9.50. The smallest absolute Gasteiger partial charge is 0.264 e. The first-order chi connectivity index (χ1) is 13.0. The predicted octanol–water partition coefficient (Wildman–Crippen LogP) is 4.37. The van der Waals surface area contributed by atoms with Crippen molar-refractivity contribution in [3.8, 4) is 17.2 Å². The molecule has 0 unspecified atom stereocenters. The van der Waals surface area contributed by atoms with E-state index >= 15 is 0 Å². The predicted molar refractivity (Wildman–Crippen MR) is 111 cm³/mol. The number of rotatable bonds is 5. The molecule has 1 N–H and O–H groups in total. The molecule has 3 rings (SSSR count). The lowest BCUT2D eigenvalue weighted by atomic mass is 10.2. The van der Waals surface area contributed by atoms with Gasteiger partial charge in [0.2, 0.25) is 0 Å². The number of benzene rings is 2. The first kappa shape index (κ1) is 19.3. The number of ether oxygens (including phenoxy) is 3. The Labute approximate surface area is 169 Å². The second-order valence-electron chi connectivity index (χ2n) is 5.42. The van der Waals surface area contributed by atoms with E-state index in [9.17, 15) is 4.79 Å². The van der Waals surface area contributed by atoms with Crippen LogP contribution >= 0.6 is 27.7 Å². The molecule has 140 valence electrons. The van der Waals surface area contributed by atoms with Crippen LogP contribution in [0.1, 0.15) is 5.56 Å². The molecular weight excluding hydrogens is 432 g/mol. The van der Waals surface area contributed by atoms with E-state index in [1.807, 2.05) is 36.4 Å². The molecule has 2 aromatic rings. The highest BCUT2D eigenvalue weighted by Crippen LogP contribution is 2.38. The third-order valence-electron chi connectivity index (χ3n) is 3.71. The van der Waals surface area contributed by atoms with E-state index in [2.05, 4.69) is 26.2 Å². The van der Waals surface area contributed by atoms with Gasteiger partial charge in [-0.25, -0.2) is 4.99 Å². The highest BCUT2D eigenvalue weighted by Gasteiger charge is 2.24. The minimum absolute atomic E-state index is 0.196. The number of nitrogens with one attached hydrogen (secondary N) is 1. The third kappa shape index (κ3) is 4.45. The summed E-state index contributed by atoms with van der Waals surface area (Å²) in [5.41, 5.74) is 1.54. The average molecular weight is 449 g/mol. The Hall–Kier alpha value is -2.45. The number of halogens is 1. The lowest BCUT2D eigenvalue weighted by molar-refractivity contribution is -0.115. The molecule has 0 aliphatic carbocycles. The molecule has 0 atom stereocenters. The van der Waals surface area contributed by atoms with Gasteiger partial charge >= 0.3 is 0 Å². The lowest BCUT2D eigenvalue weighted by Crippen LogP contribution is -2.19. The van der Waals surface area contributed by atoms with E-state index in [0.29, 0.717) is 21.6 Å². The van der Waals surface area contributed by atoms with Crippen LogP contribution < -0.4 is 19.5 Å². The Kier molecular flexibility index (Phi) is 6.08. The molecule has 1 heterocycles. The molecule has 2 aromatic carbocycles. The second kappa shape index (κ2) is 8.49. The first-order valence-electron chi connectivity index (χ1n) is 7.89. The monoisotopic (exact) mass is 448 g/mol. The zero-order valence-corrected chi connectivity index (χ0v) is 17.3. The van der Waals surface area contributed by atoms with Gasteiger partial charge in [-0.1, -0.05) is 0 Å². The van der Waals surface area contributed by atoms with Crippen LogP contribution in [-0.4, -0.2) is 32.4 Å². The molecule has 0 saturated carbocycles. The van der Waals surface area contributed by atoms with Gasteiger partial charge in [-0.15, -0.1) is 0 Å². The van der Waals surface area contributed by atoms with Gasteiger partial charge in [-0.2, -0.15) is 0 Å². The van der Waals surface area contributed by atoms with Crippen LogP contribution in [0.15, 0.2) is 50.8 Å². The fourth-order valence-corrected chi connectivity index (χ4v) is 3.89. The van der Waals surface area contributed by atoms with Crippen LogP contribution in [-0.2, 0) is 4.79 Å². The molecule has 1 aliphatic heterocycles. The number of thioether (sulfide) groups is 1. The number of nitrogens with zero attached hydrogens (tertiary/aromatic N) is 1. The summed E-state index contributed by atoms with van der Waals surface area (Å²) in [6.45, 7) is 0. The normalized spacial score (nSPS) is 16.5. The lowest BCUT2D eigenvalue weighted by Gasteiger charge is -2.10. The Morgan fingerprint density at radius 3 is 2.44 bits per heavy atom. The summed E-state index contributed by atoms with van der Waals surface area (Å²) in [7, 11) is 4.75. The van der Waals surface area contributed by atoms with Crippen molar-refractivity contribution in [3.05, 3.63) is 51.3 Å². The van der Waals surface area contributed by atoms with Crippen LogP contribution in [0.25, 0.3) is 6.08 Å². The van der Waals surface area contributed by atoms with Crippen LogP contribution in [0.4, 0.5) is 5.69 Å². The van der Waals surface area contributed by atoms with Gasteiger partial charge in [0.1, 0.15) is 5.75 Å². The van der Waals surface area contributed by atoms with E-state index in [1.165, 1.54) is 11.8 Å². The molecule has 0 bridgehead atoms. The molecule has 1 aliphatic rings. The molecule has 1 fully saturated rings. The topological polar surface area (TPSA) is 69.2 Å². The average Bonchev–Trinajstić information content (AvgIpc) is 3.00. The summed E-state index contributed by atoms with van der Waals surface area (Å²) in [6.07, 6.45) is 1.78. The van der Waals surface area contributed by atoms with Crippen molar-refractivity contribution < 1.29 is 19.0 Å². The minimum Gasteiger partial charge on any atom is -0.497 e. The van der Waals surface area contributed by atoms with Crippen molar-refractivity contribution >= 4 is 50.5 Å². The fourth-order valence-electron chi connectivity index (χ4n) is 2.43. The second-order valence-corrected chi connectivity index (χ2v) is 7.30. The van der Waals surface area contributed by atoms with Crippen molar-refractivity contribution in [2.45, 2.75) is 0 Å². The third-order valence-corrected chi connectivity index (χ3v) is 5.21. The van der Waals surface area contributed by atoms with Crippen LogP contribution in [0, 0.1) is 0 Å². The van der Waals surface area contributed by atoms with Crippen molar-refractivity contribution in [3.63, 3.8) is 0 Å². The van der Waals surface area contributed by atoms with E-state index in [1.54, 1.807) is 27.4 Å². The summed E-state index contributed by atoms with van der Waals surface area (Å²) in [6, 6.07) is 11.0. The molecule has 6 nitrogen and oxygen atoms in total. The maximum atomic E-state index is 12.3. The number of amides is 1. The van der Waals surface area contributed by atoms with Gasteiger partial charge < -0.3 is 19.5 Å². The van der Waals surface area contributed by atoms with Gasteiger partial charge in [0.15, 0.2) is 16.7 Å². The summed E-state index contributed by atoms with van der Waals surface area (Å²) < 4.78 is 16.5. The van der Waals surface area contributed by atoms with Gasteiger partial charge in [-0.05, 0) is 75.7 Å². The number of carbonyl (C=O) groups is 1. The fraction of sp³-hybridized carbons (Fsp3) is 0.158. The maximum Gasteiger partial charge on any atom is 0.264 e. The van der Waals surface area contributed by atoms with E-state index in [0.717, 1.165) is 21.5 Å². The molecule has 1 amide bonds. The van der Waals surface area contributed by atoms with Crippen LogP contribution in [0.2, 0.25) is 0 Å². The highest BCUT2D eigenvalue weighted by atomic mass is 79.9. The van der Waals surface area contributed by atoms with Gasteiger partial charge in [-0.3, -0.25) is 4.79 Å². The number of carbonyl (C=O) groups excluding carboxylic acids is 1. The van der Waals surface area contributed by atoms with Gasteiger partial charge in [0, 0.05) is 0 Å². The van der Waals surface area contributed by atoms with E-state index in [-0.39, 0.29) is 5.91 Å². The standard InChI is InChI=1S/C19H17BrN2O4S/c1-24-13-6-4-12(5-7-13)21-19-22-18(23)16(27-19)10-11-8-14(20)17(26-3)15(9-11)25-2/h4-10H,1-3H3,(H,21,22,23)/b16-10-. The number of hydrogen-bond acceptors (Lipinski definition) is 6. The number of aliphatic imine (C=N–C) groups is 1. The SMILES string of the molecule is COc1ccc(N=C2NC(=O)/C(=C/c3cc(Br)c(OC)c(OC)c3)S2)cc1. The summed E-state index contributed by atoms with van der Waals surface area (Å²) in [5.74, 6) is 1.74. The van der Waals surface area contributed by atoms with Crippen LogP contribution in [0.5, 0.6) is 17.2 Å². The molecule has 27 heavy (non-hydrogen) atoms. The van der Waals surface area contributed by atoms with Gasteiger partial charge in [0.25, 0.3) is 5.91 Å². The quantitative estimate of drug-likeness (QED) is 0.687. The molecule has 1 saturated heterocycles. The highest BCUT2D eigenvalue weighted by molar-refractivity contribution is 9.10. The van der Waals surface area contributed by atoms with Gasteiger partial charge in [0.05, 0.1) is 36.4 Å². The van der Waals surface area contributed by atoms with Crippen LogP contribution in [0.3, 0.4) is 0 Å². The Morgan fingerprint density at radius 2 is 1.81 bits per heavy atom. The Bertz CT molecular complexity index is 926. The molecule has 0 spiro atoms. The summed E-state index contributed by atoms with van der Waals surface area (Å²) in [4.78, 5) is 17.3. The zero-order valence-electron chi connectivity index (χ0n) is 14.9. The minimum atomic E-state index is -0.196. The largest absolute Gasteiger partial charge is 0.497 e. The Balaban J connectivity index is 1.84. The molecule has 8 heteroatoms. The van der Waals surface area contributed by atoms with E-state index < -0.39 is 0 Å². The molecular formula is C19H17BrN2O4S. The maximum absolute atomic E-state index is 12.3. The number of hydrogen-bond donors (Lipinski definition) is 1. The molecule has 0 aromatic heterocycles. The summed E-state index contributed by atoms with van der Waals surface area (Å²) >= 11 is 4.74. The van der Waals surface area contributed by atoms with Crippen molar-refractivity contribution in [2.24, 2.45) is 4.99 Å². The Morgan fingerprint density at radius 1 is 1.07 bits per heavy atom. The summed E-state index contributed by atoms with van der Waals surface area (Å²) in [5, 5.41) is 3.30. The van der Waals surface area contributed by atoms with Crippen molar-refractivity contribution in [1.82, 2.24) is 5.32 Å². The van der Waals surface area contributed by atoms with Crippen molar-refractivity contribution in [2.75, 3.05) is 21.3 Å². The zero-order chi connectivity index (χ0) is 19.4. The molecule has 0 radical (unpaired) electrons. The van der Waals surface area contributed by atoms with E-state index in [4.69, 9.17) is 14.2 Å².